The van der Waals surface area contributed by atoms with E-state index in [1.165, 1.54) is 0 Å². The lowest BCUT2D eigenvalue weighted by molar-refractivity contribution is -0.0453. The molecule has 5 heteroatoms. The number of ether oxygens (including phenoxy) is 2. The molecule has 0 radical (unpaired) electrons. The van der Waals surface area contributed by atoms with Gasteiger partial charge >= 0.3 is 6.09 Å². The van der Waals surface area contributed by atoms with Crippen molar-refractivity contribution >= 4 is 28.7 Å². The van der Waals surface area contributed by atoms with E-state index in [0.29, 0.717) is 6.54 Å². The summed E-state index contributed by atoms with van der Waals surface area (Å²) < 4.78 is 11.3. The Morgan fingerprint density at radius 2 is 2.24 bits per heavy atom. The molecule has 1 amide bonds. The molecule has 1 saturated heterocycles. The van der Waals surface area contributed by atoms with Crippen molar-refractivity contribution in [3.05, 3.63) is 35.9 Å². The minimum Gasteiger partial charge on any atom is -0.444 e. The summed E-state index contributed by atoms with van der Waals surface area (Å²) in [5.41, 5.74) is 0.963. The highest BCUT2D eigenvalue weighted by molar-refractivity contribution is 14.1. The number of terminal acetylenes is 1. The van der Waals surface area contributed by atoms with Gasteiger partial charge in [0, 0.05) is 6.54 Å². The smallest absolute Gasteiger partial charge is 0.412 e. The van der Waals surface area contributed by atoms with Crippen LogP contribution in [0.25, 0.3) is 0 Å². The number of likely N-dealkylation sites (tertiary alicyclic amines) is 1. The number of benzene rings is 1. The fourth-order valence-electron chi connectivity index (χ4n) is 2.13. The maximum atomic E-state index is 12.2. The van der Waals surface area contributed by atoms with E-state index < -0.39 is 0 Å². The first-order chi connectivity index (χ1) is 10.1. The number of alkyl halides is 1. The predicted octanol–water partition coefficient (Wildman–Crippen LogP) is 3.20. The fraction of sp³-hybridized carbons (Fsp3) is 0.438. The number of rotatable bonds is 4. The van der Waals surface area contributed by atoms with Crippen molar-refractivity contribution in [2.45, 2.75) is 36.2 Å². The number of carbonyl (C=O) groups is 1. The Morgan fingerprint density at radius 3 is 2.90 bits per heavy atom. The fourth-order valence-corrected chi connectivity index (χ4v) is 2.97. The molecule has 0 aliphatic carbocycles. The molecule has 0 bridgehead atoms. The molecular weight excluding hydrogens is 381 g/mol. The maximum absolute atomic E-state index is 12.2. The van der Waals surface area contributed by atoms with Gasteiger partial charge in [-0.25, -0.2) is 4.79 Å². The van der Waals surface area contributed by atoms with Crippen molar-refractivity contribution in [3.8, 4) is 12.3 Å². The number of hydrogen-bond donors (Lipinski definition) is 0. The molecule has 1 aliphatic heterocycles. The molecule has 1 aromatic carbocycles. The summed E-state index contributed by atoms with van der Waals surface area (Å²) >= 11 is 2.29. The van der Waals surface area contributed by atoms with Gasteiger partial charge in [-0.15, -0.1) is 6.42 Å². The second kappa shape index (κ2) is 7.66. The van der Waals surface area contributed by atoms with E-state index in [9.17, 15) is 4.79 Å². The molecule has 2 rings (SSSR count). The van der Waals surface area contributed by atoms with E-state index in [1.54, 1.807) is 11.8 Å². The molecular formula is C16H18INO3. The lowest BCUT2D eigenvalue weighted by atomic mass is 10.2. The van der Waals surface area contributed by atoms with Crippen LogP contribution in [0.5, 0.6) is 0 Å². The third kappa shape index (κ3) is 4.35. The third-order valence-corrected chi connectivity index (χ3v) is 4.52. The van der Waals surface area contributed by atoms with Gasteiger partial charge < -0.3 is 9.47 Å². The number of amides is 1. The van der Waals surface area contributed by atoms with E-state index in [2.05, 4.69) is 28.5 Å². The predicted molar refractivity (Wildman–Crippen MR) is 88.9 cm³/mol. The maximum Gasteiger partial charge on any atom is 0.412 e. The van der Waals surface area contributed by atoms with Crippen LogP contribution in [0.4, 0.5) is 4.79 Å². The van der Waals surface area contributed by atoms with Crippen LogP contribution < -0.4 is 0 Å². The van der Waals surface area contributed by atoms with Crippen LogP contribution in [0, 0.1) is 12.3 Å². The Morgan fingerprint density at radius 1 is 1.52 bits per heavy atom. The summed E-state index contributed by atoms with van der Waals surface area (Å²) in [5, 5.41) is 0. The summed E-state index contributed by atoms with van der Waals surface area (Å²) in [4.78, 5) is 13.8. The average Bonchev–Trinajstić information content (AvgIpc) is 2.87. The first-order valence-corrected chi connectivity index (χ1v) is 8.09. The summed E-state index contributed by atoms with van der Waals surface area (Å²) in [6.07, 6.45) is 5.22. The van der Waals surface area contributed by atoms with Crippen LogP contribution in [-0.2, 0) is 16.1 Å². The highest BCUT2D eigenvalue weighted by Gasteiger charge is 2.38. The van der Waals surface area contributed by atoms with Crippen molar-refractivity contribution in [3.63, 3.8) is 0 Å². The summed E-state index contributed by atoms with van der Waals surface area (Å²) in [5.74, 6) is 2.53. The highest BCUT2D eigenvalue weighted by Crippen LogP contribution is 2.27. The minimum absolute atomic E-state index is 0.225. The van der Waals surface area contributed by atoms with Crippen molar-refractivity contribution < 1.29 is 14.3 Å². The normalized spacial score (nSPS) is 22.6. The Hall–Kier alpha value is -1.26. The average molecular weight is 399 g/mol. The summed E-state index contributed by atoms with van der Waals surface area (Å²) in [6, 6.07) is 9.61. The molecule has 1 aromatic rings. The van der Waals surface area contributed by atoms with Crippen LogP contribution in [0.2, 0.25) is 0 Å². The topological polar surface area (TPSA) is 38.8 Å². The van der Waals surface area contributed by atoms with Crippen LogP contribution in [-0.4, -0.2) is 33.8 Å². The van der Waals surface area contributed by atoms with Gasteiger partial charge in [-0.05, 0) is 18.9 Å². The Bertz CT molecular complexity index is 514. The van der Waals surface area contributed by atoms with Gasteiger partial charge in [-0.1, -0.05) is 58.8 Å². The van der Waals surface area contributed by atoms with E-state index in [-0.39, 0.29) is 29.0 Å². The number of nitrogens with zero attached hydrogens (tertiary/aromatic N) is 1. The molecule has 112 valence electrons. The van der Waals surface area contributed by atoms with Crippen molar-refractivity contribution in [1.29, 1.82) is 0 Å². The van der Waals surface area contributed by atoms with Gasteiger partial charge in [0.05, 0.1) is 3.92 Å². The van der Waals surface area contributed by atoms with Gasteiger partial charge in [0.1, 0.15) is 18.9 Å². The van der Waals surface area contributed by atoms with Crippen LogP contribution in [0.15, 0.2) is 30.3 Å². The first-order valence-electron chi connectivity index (χ1n) is 6.85. The molecule has 1 aliphatic rings. The lowest BCUT2D eigenvalue weighted by Gasteiger charge is -2.27. The molecule has 21 heavy (non-hydrogen) atoms. The van der Waals surface area contributed by atoms with Gasteiger partial charge in [-0.2, -0.15) is 0 Å². The second-order valence-electron chi connectivity index (χ2n) is 4.87. The lowest BCUT2D eigenvalue weighted by Crippen LogP contribution is -2.41. The van der Waals surface area contributed by atoms with Gasteiger partial charge in [0.15, 0.2) is 0 Å². The molecule has 0 spiro atoms. The summed E-state index contributed by atoms with van der Waals surface area (Å²) in [7, 11) is 0. The number of halogens is 1. The minimum atomic E-state index is -0.354. The highest BCUT2D eigenvalue weighted by atomic mass is 127. The number of carbonyl (C=O) groups excluding carboxylic acids is 1. The van der Waals surface area contributed by atoms with Gasteiger partial charge in [0.2, 0.25) is 0 Å². The third-order valence-electron chi connectivity index (χ3n) is 3.28. The van der Waals surface area contributed by atoms with Crippen LogP contribution >= 0.6 is 22.6 Å². The molecule has 1 heterocycles. The summed E-state index contributed by atoms with van der Waals surface area (Å²) in [6.45, 7) is 2.69. The zero-order valence-corrected chi connectivity index (χ0v) is 14.0. The van der Waals surface area contributed by atoms with E-state index >= 15 is 0 Å². The van der Waals surface area contributed by atoms with Gasteiger partial charge in [-0.3, -0.25) is 4.90 Å². The number of hydrogen-bond acceptors (Lipinski definition) is 3. The Balaban J connectivity index is 1.93. The van der Waals surface area contributed by atoms with Crippen LogP contribution in [0.1, 0.15) is 18.9 Å². The molecule has 0 aromatic heterocycles. The quantitative estimate of drug-likeness (QED) is 0.444. The van der Waals surface area contributed by atoms with Crippen molar-refractivity contribution in [2.75, 3.05) is 6.54 Å². The van der Waals surface area contributed by atoms with Gasteiger partial charge in [0.25, 0.3) is 0 Å². The van der Waals surface area contributed by atoms with E-state index in [0.717, 1.165) is 12.0 Å². The molecule has 1 fully saturated rings. The van der Waals surface area contributed by atoms with Crippen LogP contribution in [0.3, 0.4) is 0 Å². The largest absolute Gasteiger partial charge is 0.444 e. The monoisotopic (exact) mass is 399 g/mol. The first kappa shape index (κ1) is 16.1. The SMILES string of the molecule is C#CC(C)O[C@H]1[C@H](I)CCN1C(=O)OCc1ccccc1. The van der Waals surface area contributed by atoms with Crippen molar-refractivity contribution in [1.82, 2.24) is 4.90 Å². The Kier molecular flexibility index (Phi) is 5.88. The molecule has 0 saturated carbocycles. The standard InChI is InChI=1S/C16H18INO3/c1-3-12(2)21-15-14(17)9-10-18(15)16(19)20-11-13-7-5-4-6-8-13/h1,4-8,12,14-15H,9-11H2,2H3/t12?,14-,15+/m1/s1. The second-order valence-corrected chi connectivity index (χ2v) is 6.47. The molecule has 4 nitrogen and oxygen atoms in total. The Labute approximate surface area is 138 Å². The zero-order chi connectivity index (χ0) is 15.2. The van der Waals surface area contributed by atoms with Crippen molar-refractivity contribution in [2.24, 2.45) is 0 Å². The molecule has 0 N–H and O–H groups in total. The molecule has 1 unspecified atom stereocenters. The van der Waals surface area contributed by atoms with E-state index in [1.807, 2.05) is 30.3 Å². The zero-order valence-electron chi connectivity index (χ0n) is 11.9. The van der Waals surface area contributed by atoms with E-state index in [4.69, 9.17) is 15.9 Å². The molecule has 3 atom stereocenters.